The molecule has 0 bridgehead atoms. The molecule has 0 unspecified atom stereocenters. The first-order valence-electron chi connectivity index (χ1n) is 3.86. The van der Waals surface area contributed by atoms with Crippen molar-refractivity contribution < 1.29 is 9.53 Å². The van der Waals surface area contributed by atoms with E-state index in [9.17, 15) is 4.79 Å². The maximum Gasteiger partial charge on any atom is 0.235 e. The quantitative estimate of drug-likeness (QED) is 0.454. The largest absolute Gasteiger partial charge is 0.488 e. The van der Waals surface area contributed by atoms with Crippen LogP contribution in [0.4, 0.5) is 0 Å². The molecule has 0 amide bonds. The van der Waals surface area contributed by atoms with Gasteiger partial charge in [-0.05, 0) is 12.1 Å². The van der Waals surface area contributed by atoms with E-state index >= 15 is 0 Å². The highest BCUT2D eigenvalue weighted by atomic mass is 35.5. The van der Waals surface area contributed by atoms with Crippen LogP contribution in [-0.2, 0) is 4.79 Å². The molecule has 0 aliphatic rings. The summed E-state index contributed by atoms with van der Waals surface area (Å²) in [5, 5.41) is 0.875. The number of hydrogen-bond acceptors (Lipinski definition) is 3. The number of halogens is 2. The SMILES string of the molecule is O=C=NCCOc1c(Cl)cccc1Cl. The van der Waals surface area contributed by atoms with Crippen molar-refractivity contribution in [2.75, 3.05) is 13.2 Å². The van der Waals surface area contributed by atoms with Crippen LogP contribution in [-0.4, -0.2) is 19.2 Å². The first kappa shape index (κ1) is 11.1. The predicted molar refractivity (Wildman–Crippen MR) is 54.9 cm³/mol. The molecule has 0 fully saturated rings. The summed E-state index contributed by atoms with van der Waals surface area (Å²) in [6.45, 7) is 0.490. The fourth-order valence-electron chi connectivity index (χ4n) is 0.859. The number of ether oxygens (including phenoxy) is 1. The standard InChI is InChI=1S/C9H7Cl2NO2/c10-7-2-1-3-8(11)9(7)14-5-4-12-6-13/h1-3H,4-5H2. The zero-order valence-corrected chi connectivity index (χ0v) is 8.68. The lowest BCUT2D eigenvalue weighted by Crippen LogP contribution is -2.01. The van der Waals surface area contributed by atoms with E-state index in [1.54, 1.807) is 18.2 Å². The highest BCUT2D eigenvalue weighted by molar-refractivity contribution is 6.37. The van der Waals surface area contributed by atoms with Gasteiger partial charge in [-0.1, -0.05) is 29.3 Å². The summed E-state index contributed by atoms with van der Waals surface area (Å²) in [5.74, 6) is 0.414. The number of para-hydroxylation sites is 1. The Balaban J connectivity index is 2.61. The van der Waals surface area contributed by atoms with Gasteiger partial charge in [0, 0.05) is 0 Å². The zero-order valence-electron chi connectivity index (χ0n) is 7.17. The first-order valence-corrected chi connectivity index (χ1v) is 4.61. The van der Waals surface area contributed by atoms with E-state index in [-0.39, 0.29) is 13.2 Å². The second kappa shape index (κ2) is 5.66. The van der Waals surface area contributed by atoms with Gasteiger partial charge in [0.1, 0.15) is 6.61 Å². The maximum absolute atomic E-state index is 9.75. The third-order valence-corrected chi connectivity index (χ3v) is 2.03. The van der Waals surface area contributed by atoms with Crippen molar-refractivity contribution in [1.29, 1.82) is 0 Å². The van der Waals surface area contributed by atoms with Crippen LogP contribution in [0.5, 0.6) is 5.75 Å². The molecule has 74 valence electrons. The average Bonchev–Trinajstić information content (AvgIpc) is 2.16. The van der Waals surface area contributed by atoms with Gasteiger partial charge in [0.15, 0.2) is 5.75 Å². The molecular weight excluding hydrogens is 225 g/mol. The summed E-state index contributed by atoms with van der Waals surface area (Å²) < 4.78 is 5.23. The van der Waals surface area contributed by atoms with E-state index in [4.69, 9.17) is 27.9 Å². The number of hydrogen-bond donors (Lipinski definition) is 0. The number of rotatable bonds is 4. The van der Waals surface area contributed by atoms with Crippen molar-refractivity contribution in [1.82, 2.24) is 0 Å². The molecule has 0 aliphatic carbocycles. The lowest BCUT2D eigenvalue weighted by molar-refractivity contribution is 0.329. The second-order valence-electron chi connectivity index (χ2n) is 2.37. The van der Waals surface area contributed by atoms with E-state index in [0.29, 0.717) is 15.8 Å². The Hall–Kier alpha value is -1.02. The topological polar surface area (TPSA) is 38.7 Å². The zero-order chi connectivity index (χ0) is 10.4. The number of carbonyl (C=O) groups excluding carboxylic acids is 1. The molecule has 0 N–H and O–H groups in total. The van der Waals surface area contributed by atoms with Crippen LogP contribution < -0.4 is 4.74 Å². The van der Waals surface area contributed by atoms with Crippen LogP contribution in [0.1, 0.15) is 0 Å². The summed E-state index contributed by atoms with van der Waals surface area (Å²) in [7, 11) is 0. The third kappa shape index (κ3) is 3.04. The van der Waals surface area contributed by atoms with Crippen LogP contribution in [0.15, 0.2) is 23.2 Å². The molecule has 1 rings (SSSR count). The monoisotopic (exact) mass is 231 g/mol. The van der Waals surface area contributed by atoms with Crippen molar-refractivity contribution in [3.05, 3.63) is 28.2 Å². The minimum Gasteiger partial charge on any atom is -0.488 e. The van der Waals surface area contributed by atoms with E-state index in [1.807, 2.05) is 0 Å². The number of isocyanates is 1. The normalized spacial score (nSPS) is 9.29. The molecule has 0 heterocycles. The lowest BCUT2D eigenvalue weighted by Gasteiger charge is -2.07. The molecule has 0 atom stereocenters. The van der Waals surface area contributed by atoms with Gasteiger partial charge in [0.25, 0.3) is 0 Å². The first-order chi connectivity index (χ1) is 6.75. The molecule has 0 radical (unpaired) electrons. The van der Waals surface area contributed by atoms with Gasteiger partial charge in [-0.25, -0.2) is 9.79 Å². The number of aliphatic imine (C=N–C) groups is 1. The number of benzene rings is 1. The lowest BCUT2D eigenvalue weighted by atomic mass is 10.3. The Kier molecular flexibility index (Phi) is 4.47. The Bertz CT molecular complexity index is 342. The van der Waals surface area contributed by atoms with Gasteiger partial charge >= 0.3 is 0 Å². The minimum atomic E-state index is 0.241. The summed E-state index contributed by atoms with van der Waals surface area (Å²) in [6.07, 6.45) is 1.41. The van der Waals surface area contributed by atoms with Crippen LogP contribution >= 0.6 is 23.2 Å². The van der Waals surface area contributed by atoms with Gasteiger partial charge in [-0.3, -0.25) is 0 Å². The molecule has 0 saturated carbocycles. The fraction of sp³-hybridized carbons (Fsp3) is 0.222. The average molecular weight is 232 g/mol. The van der Waals surface area contributed by atoms with Crippen molar-refractivity contribution in [2.45, 2.75) is 0 Å². The summed E-state index contributed by atoms with van der Waals surface area (Å²) in [4.78, 5) is 13.1. The second-order valence-corrected chi connectivity index (χ2v) is 3.19. The fourth-order valence-corrected chi connectivity index (χ4v) is 1.37. The molecular formula is C9H7Cl2NO2. The molecule has 5 heteroatoms. The molecule has 0 aliphatic heterocycles. The van der Waals surface area contributed by atoms with Gasteiger partial charge in [0.2, 0.25) is 6.08 Å². The molecule has 0 spiro atoms. The smallest absolute Gasteiger partial charge is 0.235 e. The maximum atomic E-state index is 9.75. The van der Waals surface area contributed by atoms with Gasteiger partial charge in [-0.15, -0.1) is 0 Å². The van der Waals surface area contributed by atoms with Crippen molar-refractivity contribution in [2.24, 2.45) is 4.99 Å². The van der Waals surface area contributed by atoms with Crippen LogP contribution in [0.3, 0.4) is 0 Å². The van der Waals surface area contributed by atoms with Gasteiger partial charge in [0.05, 0.1) is 16.6 Å². The van der Waals surface area contributed by atoms with Gasteiger partial charge < -0.3 is 4.74 Å². The molecule has 1 aromatic rings. The van der Waals surface area contributed by atoms with Crippen molar-refractivity contribution in [3.8, 4) is 5.75 Å². The Morgan fingerprint density at radius 1 is 1.36 bits per heavy atom. The Morgan fingerprint density at radius 2 is 2.00 bits per heavy atom. The highest BCUT2D eigenvalue weighted by Crippen LogP contribution is 2.32. The Labute approximate surface area is 91.3 Å². The van der Waals surface area contributed by atoms with Crippen LogP contribution in [0.2, 0.25) is 10.0 Å². The van der Waals surface area contributed by atoms with E-state index < -0.39 is 0 Å². The van der Waals surface area contributed by atoms with Gasteiger partial charge in [-0.2, -0.15) is 0 Å². The van der Waals surface area contributed by atoms with Crippen molar-refractivity contribution >= 4 is 29.3 Å². The molecule has 3 nitrogen and oxygen atoms in total. The van der Waals surface area contributed by atoms with E-state index in [2.05, 4.69) is 4.99 Å². The van der Waals surface area contributed by atoms with E-state index in [0.717, 1.165) is 0 Å². The summed E-state index contributed by atoms with van der Waals surface area (Å²) >= 11 is 11.6. The molecule has 14 heavy (non-hydrogen) atoms. The van der Waals surface area contributed by atoms with Crippen molar-refractivity contribution in [3.63, 3.8) is 0 Å². The molecule has 1 aromatic carbocycles. The number of nitrogens with zero attached hydrogens (tertiary/aromatic N) is 1. The highest BCUT2D eigenvalue weighted by Gasteiger charge is 2.05. The van der Waals surface area contributed by atoms with Crippen LogP contribution in [0.25, 0.3) is 0 Å². The predicted octanol–water partition coefficient (Wildman–Crippen LogP) is 2.71. The molecule has 0 aromatic heterocycles. The van der Waals surface area contributed by atoms with Crippen LogP contribution in [0, 0.1) is 0 Å². The minimum absolute atomic E-state index is 0.241. The Morgan fingerprint density at radius 3 is 2.57 bits per heavy atom. The summed E-state index contributed by atoms with van der Waals surface area (Å²) in [5.41, 5.74) is 0. The van der Waals surface area contributed by atoms with E-state index in [1.165, 1.54) is 6.08 Å². The summed E-state index contributed by atoms with van der Waals surface area (Å²) in [6, 6.07) is 5.07. The molecule has 0 saturated heterocycles. The third-order valence-electron chi connectivity index (χ3n) is 1.43.